The lowest BCUT2D eigenvalue weighted by Crippen LogP contribution is -2.24. The van der Waals surface area contributed by atoms with Gasteiger partial charge in [0.25, 0.3) is 0 Å². The maximum Gasteiger partial charge on any atom is 0.319 e. The summed E-state index contributed by atoms with van der Waals surface area (Å²) in [6.07, 6.45) is 7.78. The molecule has 3 heterocycles. The SMILES string of the molecule is C[C@H]([C@@H]1C[C@H]2CC[C@H]1C2)n1c(S[C@@H]2CCOC2=O)nnc1-c1ccco1. The molecular weight excluding hydrogens is 350 g/mol. The van der Waals surface area contributed by atoms with Crippen LogP contribution in [0.4, 0.5) is 0 Å². The zero-order chi connectivity index (χ0) is 17.7. The van der Waals surface area contributed by atoms with E-state index < -0.39 is 0 Å². The molecule has 2 bridgehead atoms. The predicted molar refractivity (Wildman–Crippen MR) is 96.6 cm³/mol. The van der Waals surface area contributed by atoms with E-state index in [4.69, 9.17) is 9.15 Å². The molecule has 26 heavy (non-hydrogen) atoms. The van der Waals surface area contributed by atoms with Gasteiger partial charge in [-0.25, -0.2) is 0 Å². The largest absolute Gasteiger partial charge is 0.465 e. The summed E-state index contributed by atoms with van der Waals surface area (Å²) in [6, 6.07) is 4.09. The summed E-state index contributed by atoms with van der Waals surface area (Å²) in [4.78, 5) is 11.9. The van der Waals surface area contributed by atoms with Crippen molar-refractivity contribution < 1.29 is 13.9 Å². The molecule has 0 aromatic carbocycles. The summed E-state index contributed by atoms with van der Waals surface area (Å²) in [5, 5.41) is 9.48. The number of thioether (sulfide) groups is 1. The van der Waals surface area contributed by atoms with Gasteiger partial charge in [-0.3, -0.25) is 9.36 Å². The second-order valence-electron chi connectivity index (χ2n) is 7.80. The van der Waals surface area contributed by atoms with Gasteiger partial charge in [0.2, 0.25) is 5.82 Å². The Morgan fingerprint density at radius 2 is 2.19 bits per heavy atom. The average molecular weight is 373 g/mol. The fourth-order valence-electron chi connectivity index (χ4n) is 5.09. The number of nitrogens with zero attached hydrogens (tertiary/aromatic N) is 3. The van der Waals surface area contributed by atoms with Crippen molar-refractivity contribution in [3.8, 4) is 11.6 Å². The standard InChI is InChI=1S/C19H23N3O3S/c1-11(14-10-12-4-5-13(14)9-12)22-17(15-3-2-7-24-15)20-21-19(22)26-16-6-8-25-18(16)23/h2-3,7,11-14,16H,4-6,8-10H2,1H3/t11-,12+,13+,14+,16-/m1/s1. The zero-order valence-corrected chi connectivity index (χ0v) is 15.7. The number of hydrogen-bond donors (Lipinski definition) is 0. The minimum atomic E-state index is -0.186. The quantitative estimate of drug-likeness (QED) is 0.739. The number of esters is 1. The van der Waals surface area contributed by atoms with Gasteiger partial charge in [0.05, 0.1) is 12.9 Å². The number of fused-ring (bicyclic) bond motifs is 2. The molecule has 5 rings (SSSR count). The Bertz CT molecular complexity index is 803. The fraction of sp³-hybridized carbons (Fsp3) is 0.632. The van der Waals surface area contributed by atoms with Crippen molar-refractivity contribution in [2.45, 2.75) is 55.5 Å². The van der Waals surface area contributed by atoms with E-state index in [-0.39, 0.29) is 11.2 Å². The van der Waals surface area contributed by atoms with Crippen LogP contribution < -0.4 is 0 Å². The number of cyclic esters (lactones) is 1. The van der Waals surface area contributed by atoms with Crippen molar-refractivity contribution in [1.29, 1.82) is 0 Å². The fourth-order valence-corrected chi connectivity index (χ4v) is 6.17. The molecule has 3 fully saturated rings. The first-order chi connectivity index (χ1) is 12.7. The first-order valence-electron chi connectivity index (χ1n) is 9.52. The first kappa shape index (κ1) is 16.4. The van der Waals surface area contributed by atoms with Crippen molar-refractivity contribution in [1.82, 2.24) is 14.8 Å². The maximum atomic E-state index is 11.9. The monoisotopic (exact) mass is 373 g/mol. The first-order valence-corrected chi connectivity index (χ1v) is 10.4. The second-order valence-corrected chi connectivity index (χ2v) is 8.97. The number of carbonyl (C=O) groups is 1. The van der Waals surface area contributed by atoms with Crippen molar-refractivity contribution in [3.05, 3.63) is 18.4 Å². The summed E-state index contributed by atoms with van der Waals surface area (Å²) in [6.45, 7) is 2.77. The molecule has 0 unspecified atom stereocenters. The lowest BCUT2D eigenvalue weighted by atomic mass is 9.84. The Kier molecular flexibility index (Phi) is 4.07. The predicted octanol–water partition coefficient (Wildman–Crippen LogP) is 3.94. The van der Waals surface area contributed by atoms with Crippen LogP contribution in [0.15, 0.2) is 28.0 Å². The summed E-state index contributed by atoms with van der Waals surface area (Å²) < 4.78 is 12.9. The Balaban J connectivity index is 1.50. The molecule has 0 spiro atoms. The number of aromatic nitrogens is 3. The topological polar surface area (TPSA) is 70.2 Å². The van der Waals surface area contributed by atoms with Crippen LogP contribution in [-0.2, 0) is 9.53 Å². The molecule has 0 radical (unpaired) electrons. The van der Waals surface area contributed by atoms with Crippen LogP contribution in [0, 0.1) is 17.8 Å². The highest BCUT2D eigenvalue weighted by Gasteiger charge is 2.43. The number of furan rings is 1. The highest BCUT2D eigenvalue weighted by Crippen LogP contribution is 2.53. The van der Waals surface area contributed by atoms with Gasteiger partial charge in [-0.2, -0.15) is 0 Å². The van der Waals surface area contributed by atoms with Gasteiger partial charge in [-0.05, 0) is 56.1 Å². The minimum absolute atomic E-state index is 0.142. The Labute approximate surface area is 156 Å². The van der Waals surface area contributed by atoms with Crippen molar-refractivity contribution in [2.75, 3.05) is 6.61 Å². The molecule has 1 aliphatic heterocycles. The molecule has 5 atom stereocenters. The van der Waals surface area contributed by atoms with Gasteiger partial charge < -0.3 is 9.15 Å². The Morgan fingerprint density at radius 1 is 1.27 bits per heavy atom. The highest BCUT2D eigenvalue weighted by molar-refractivity contribution is 8.00. The number of rotatable bonds is 5. The molecule has 138 valence electrons. The van der Waals surface area contributed by atoms with E-state index in [2.05, 4.69) is 21.7 Å². The van der Waals surface area contributed by atoms with E-state index in [0.717, 1.165) is 35.0 Å². The molecule has 2 aliphatic carbocycles. The van der Waals surface area contributed by atoms with Crippen molar-refractivity contribution in [2.24, 2.45) is 17.8 Å². The summed E-state index contributed by atoms with van der Waals surface area (Å²) in [5.74, 6) is 3.69. The lowest BCUT2D eigenvalue weighted by molar-refractivity contribution is -0.137. The summed E-state index contributed by atoms with van der Waals surface area (Å²) in [5.41, 5.74) is 0. The van der Waals surface area contributed by atoms with Gasteiger partial charge in [-0.15, -0.1) is 10.2 Å². The van der Waals surface area contributed by atoms with Crippen LogP contribution in [-0.4, -0.2) is 32.6 Å². The van der Waals surface area contributed by atoms with E-state index in [0.29, 0.717) is 18.6 Å². The van der Waals surface area contributed by atoms with Crippen LogP contribution in [0.2, 0.25) is 0 Å². The third-order valence-corrected chi connectivity index (χ3v) is 7.56. The maximum absolute atomic E-state index is 11.9. The minimum Gasteiger partial charge on any atom is -0.465 e. The number of carbonyl (C=O) groups excluding carboxylic acids is 1. The van der Waals surface area contributed by atoms with Crippen LogP contribution in [0.5, 0.6) is 0 Å². The van der Waals surface area contributed by atoms with E-state index in [1.54, 1.807) is 6.26 Å². The zero-order valence-electron chi connectivity index (χ0n) is 14.8. The molecule has 2 aromatic rings. The summed E-state index contributed by atoms with van der Waals surface area (Å²) in [7, 11) is 0. The third-order valence-electron chi connectivity index (χ3n) is 6.36. The second kappa shape index (κ2) is 6.44. The van der Waals surface area contributed by atoms with Crippen LogP contribution >= 0.6 is 11.8 Å². The van der Waals surface area contributed by atoms with E-state index in [1.165, 1.54) is 37.4 Å². The van der Waals surface area contributed by atoms with Gasteiger partial charge in [-0.1, -0.05) is 18.2 Å². The van der Waals surface area contributed by atoms with Crippen LogP contribution in [0.25, 0.3) is 11.6 Å². The average Bonchev–Trinajstić information content (AvgIpc) is 3.44. The molecule has 3 aliphatic rings. The van der Waals surface area contributed by atoms with E-state index in [9.17, 15) is 4.79 Å². The van der Waals surface area contributed by atoms with E-state index in [1.807, 2.05) is 12.1 Å². The molecule has 0 amide bonds. The third kappa shape index (κ3) is 2.68. The number of ether oxygens (including phenoxy) is 1. The molecular formula is C19H23N3O3S. The van der Waals surface area contributed by atoms with Gasteiger partial charge in [0.1, 0.15) is 5.25 Å². The van der Waals surface area contributed by atoms with Gasteiger partial charge in [0, 0.05) is 12.5 Å². The van der Waals surface area contributed by atoms with Gasteiger partial charge >= 0.3 is 5.97 Å². The Morgan fingerprint density at radius 3 is 2.85 bits per heavy atom. The van der Waals surface area contributed by atoms with Crippen LogP contribution in [0.1, 0.15) is 45.1 Å². The normalized spacial score (nSPS) is 31.5. The molecule has 2 aromatic heterocycles. The van der Waals surface area contributed by atoms with Crippen LogP contribution in [0.3, 0.4) is 0 Å². The molecule has 1 saturated heterocycles. The van der Waals surface area contributed by atoms with E-state index >= 15 is 0 Å². The Hall–Kier alpha value is -1.76. The highest BCUT2D eigenvalue weighted by atomic mass is 32.2. The van der Waals surface area contributed by atoms with Crippen molar-refractivity contribution in [3.63, 3.8) is 0 Å². The lowest BCUT2D eigenvalue weighted by Gasteiger charge is -2.30. The smallest absolute Gasteiger partial charge is 0.319 e. The molecule has 6 nitrogen and oxygen atoms in total. The van der Waals surface area contributed by atoms with Gasteiger partial charge in [0.15, 0.2) is 10.9 Å². The number of hydrogen-bond acceptors (Lipinski definition) is 6. The van der Waals surface area contributed by atoms with Crippen molar-refractivity contribution >= 4 is 17.7 Å². The molecule has 0 N–H and O–H groups in total. The molecule has 2 saturated carbocycles. The summed E-state index contributed by atoms with van der Waals surface area (Å²) >= 11 is 1.48. The molecule has 7 heteroatoms.